The van der Waals surface area contributed by atoms with Crippen LogP contribution in [-0.4, -0.2) is 11.6 Å². The van der Waals surface area contributed by atoms with Crippen molar-refractivity contribution in [3.8, 4) is 0 Å². The summed E-state index contributed by atoms with van der Waals surface area (Å²) in [6, 6.07) is 5.50. The van der Waals surface area contributed by atoms with Crippen LogP contribution < -0.4 is 5.43 Å². The number of halogens is 1. The van der Waals surface area contributed by atoms with Gasteiger partial charge in [0, 0.05) is 11.3 Å². The third-order valence-corrected chi connectivity index (χ3v) is 2.26. The zero-order valence-electron chi connectivity index (χ0n) is 9.62. The number of rotatable bonds is 3. The van der Waals surface area contributed by atoms with Gasteiger partial charge < -0.3 is 0 Å². The molecule has 0 aliphatic carbocycles. The number of nitrogens with zero attached hydrogens (tertiary/aromatic N) is 1. The van der Waals surface area contributed by atoms with Crippen molar-refractivity contribution in [3.63, 3.8) is 0 Å². The molecule has 0 atom stereocenters. The lowest BCUT2D eigenvalue weighted by atomic mass is 10.1. The molecule has 1 aromatic rings. The van der Waals surface area contributed by atoms with E-state index in [1.807, 2.05) is 20.8 Å². The molecule has 0 aromatic heterocycles. The molecule has 1 amide bonds. The van der Waals surface area contributed by atoms with Crippen molar-refractivity contribution in [2.75, 3.05) is 0 Å². The lowest BCUT2D eigenvalue weighted by Gasteiger charge is -2.04. The molecule has 0 aliphatic rings. The van der Waals surface area contributed by atoms with E-state index in [1.165, 1.54) is 18.2 Å². The Hall–Kier alpha value is -1.71. The van der Waals surface area contributed by atoms with Crippen LogP contribution in [0.1, 0.15) is 31.1 Å². The highest BCUT2D eigenvalue weighted by Gasteiger charge is 2.05. The molecule has 86 valence electrons. The topological polar surface area (TPSA) is 41.5 Å². The van der Waals surface area contributed by atoms with Crippen LogP contribution in [0.3, 0.4) is 0 Å². The van der Waals surface area contributed by atoms with Gasteiger partial charge >= 0.3 is 0 Å². The Morgan fingerprint density at radius 3 is 2.69 bits per heavy atom. The van der Waals surface area contributed by atoms with E-state index in [1.54, 1.807) is 6.07 Å². The van der Waals surface area contributed by atoms with Gasteiger partial charge in [0.05, 0.1) is 0 Å². The van der Waals surface area contributed by atoms with Crippen LogP contribution in [0.4, 0.5) is 4.39 Å². The molecule has 1 N–H and O–H groups in total. The normalized spacial score (nSPS) is 11.7. The first-order valence-electron chi connectivity index (χ1n) is 5.11. The lowest BCUT2D eigenvalue weighted by Crippen LogP contribution is -2.20. The molecule has 0 bridgehead atoms. The molecule has 4 heteroatoms. The maximum absolute atomic E-state index is 12.8. The second kappa shape index (κ2) is 5.39. The molecule has 1 aromatic carbocycles. The van der Waals surface area contributed by atoms with Gasteiger partial charge in [0.1, 0.15) is 5.82 Å². The molecule has 16 heavy (non-hydrogen) atoms. The first kappa shape index (κ1) is 12.4. The summed E-state index contributed by atoms with van der Waals surface area (Å²) in [7, 11) is 0. The summed E-state index contributed by atoms with van der Waals surface area (Å²) in [5.74, 6) is -0.565. The van der Waals surface area contributed by atoms with Crippen molar-refractivity contribution >= 4 is 11.6 Å². The van der Waals surface area contributed by atoms with Gasteiger partial charge in [-0.15, -0.1) is 0 Å². The quantitative estimate of drug-likeness (QED) is 0.619. The van der Waals surface area contributed by atoms with Gasteiger partial charge in [-0.25, -0.2) is 9.82 Å². The predicted octanol–water partition coefficient (Wildman–Crippen LogP) is 2.59. The summed E-state index contributed by atoms with van der Waals surface area (Å²) in [6.45, 7) is 5.79. The molecule has 0 radical (unpaired) electrons. The fourth-order valence-electron chi connectivity index (χ4n) is 0.962. The average Bonchev–Trinajstić information content (AvgIpc) is 2.25. The SMILES string of the molecule is CC(=NNC(=O)c1cccc(F)c1)C(C)C. The molecular weight excluding hydrogens is 207 g/mol. The number of benzene rings is 1. The smallest absolute Gasteiger partial charge is 0.267 e. The molecule has 0 heterocycles. The van der Waals surface area contributed by atoms with E-state index in [4.69, 9.17) is 0 Å². The minimum absolute atomic E-state index is 0.264. The highest BCUT2D eigenvalue weighted by Crippen LogP contribution is 2.03. The third-order valence-electron chi connectivity index (χ3n) is 2.26. The Bertz CT molecular complexity index is 413. The molecule has 0 unspecified atom stereocenters. The zero-order valence-corrected chi connectivity index (χ0v) is 9.62. The minimum atomic E-state index is -0.433. The van der Waals surface area contributed by atoms with Crippen LogP contribution in [0.15, 0.2) is 29.4 Å². The summed E-state index contributed by atoms with van der Waals surface area (Å²) in [4.78, 5) is 11.5. The Morgan fingerprint density at radius 2 is 2.12 bits per heavy atom. The fraction of sp³-hybridized carbons (Fsp3) is 0.333. The van der Waals surface area contributed by atoms with Crippen molar-refractivity contribution in [2.45, 2.75) is 20.8 Å². The number of carbonyl (C=O) groups is 1. The summed E-state index contributed by atoms with van der Waals surface area (Å²) < 4.78 is 12.8. The Morgan fingerprint density at radius 1 is 1.44 bits per heavy atom. The molecule has 0 saturated carbocycles. The highest BCUT2D eigenvalue weighted by atomic mass is 19.1. The lowest BCUT2D eigenvalue weighted by molar-refractivity contribution is 0.0954. The molecule has 0 saturated heterocycles. The molecule has 0 spiro atoms. The Balaban J connectivity index is 2.70. The van der Waals surface area contributed by atoms with E-state index < -0.39 is 11.7 Å². The first-order chi connectivity index (χ1) is 7.50. The van der Waals surface area contributed by atoms with Crippen LogP contribution in [0.2, 0.25) is 0 Å². The third kappa shape index (κ3) is 3.46. The summed E-state index contributed by atoms with van der Waals surface area (Å²) >= 11 is 0. The number of hydrazone groups is 1. The van der Waals surface area contributed by atoms with Crippen molar-refractivity contribution in [1.82, 2.24) is 5.43 Å². The van der Waals surface area contributed by atoms with Crippen molar-refractivity contribution < 1.29 is 9.18 Å². The van der Waals surface area contributed by atoms with Gasteiger partial charge in [-0.2, -0.15) is 5.10 Å². The van der Waals surface area contributed by atoms with Crippen LogP contribution >= 0.6 is 0 Å². The number of nitrogens with one attached hydrogen (secondary N) is 1. The predicted molar refractivity (Wildman–Crippen MR) is 61.8 cm³/mol. The largest absolute Gasteiger partial charge is 0.271 e. The van der Waals surface area contributed by atoms with E-state index in [9.17, 15) is 9.18 Å². The maximum Gasteiger partial charge on any atom is 0.271 e. The molecule has 1 rings (SSSR count). The molecule has 0 fully saturated rings. The van der Waals surface area contributed by atoms with Crippen molar-refractivity contribution in [2.24, 2.45) is 11.0 Å². The van der Waals surface area contributed by atoms with Crippen molar-refractivity contribution in [3.05, 3.63) is 35.6 Å². The van der Waals surface area contributed by atoms with E-state index in [2.05, 4.69) is 10.5 Å². The molecular formula is C12H15FN2O. The molecule has 0 aliphatic heterocycles. The van der Waals surface area contributed by atoms with E-state index in [0.29, 0.717) is 0 Å². The van der Waals surface area contributed by atoms with E-state index in [0.717, 1.165) is 5.71 Å². The zero-order chi connectivity index (χ0) is 12.1. The van der Waals surface area contributed by atoms with Gasteiger partial charge in [-0.3, -0.25) is 4.79 Å². The van der Waals surface area contributed by atoms with E-state index >= 15 is 0 Å². The summed E-state index contributed by atoms with van der Waals surface area (Å²) in [5.41, 5.74) is 3.48. The van der Waals surface area contributed by atoms with Crippen LogP contribution in [-0.2, 0) is 0 Å². The van der Waals surface area contributed by atoms with Crippen LogP contribution in [0.5, 0.6) is 0 Å². The fourth-order valence-corrected chi connectivity index (χ4v) is 0.962. The Kier molecular flexibility index (Phi) is 4.17. The minimum Gasteiger partial charge on any atom is -0.267 e. The van der Waals surface area contributed by atoms with Gasteiger partial charge in [-0.1, -0.05) is 19.9 Å². The van der Waals surface area contributed by atoms with E-state index in [-0.39, 0.29) is 11.5 Å². The Labute approximate surface area is 94.4 Å². The van der Waals surface area contributed by atoms with Gasteiger partial charge in [0.25, 0.3) is 5.91 Å². The molecule has 3 nitrogen and oxygen atoms in total. The summed E-state index contributed by atoms with van der Waals surface area (Å²) in [6.07, 6.45) is 0. The standard InChI is InChI=1S/C12H15FN2O/c1-8(2)9(3)14-15-12(16)10-5-4-6-11(13)7-10/h4-8H,1-3H3,(H,15,16). The highest BCUT2D eigenvalue weighted by molar-refractivity contribution is 5.95. The number of amides is 1. The number of carbonyl (C=O) groups excluding carboxylic acids is 1. The second-order valence-corrected chi connectivity index (χ2v) is 3.86. The van der Waals surface area contributed by atoms with Gasteiger partial charge in [0.15, 0.2) is 0 Å². The summed E-state index contributed by atoms with van der Waals surface area (Å²) in [5, 5.41) is 3.92. The average molecular weight is 222 g/mol. The number of hydrogen-bond donors (Lipinski definition) is 1. The van der Waals surface area contributed by atoms with Crippen LogP contribution in [0.25, 0.3) is 0 Å². The van der Waals surface area contributed by atoms with Crippen LogP contribution in [0, 0.1) is 11.7 Å². The second-order valence-electron chi connectivity index (χ2n) is 3.86. The first-order valence-corrected chi connectivity index (χ1v) is 5.11. The van der Waals surface area contributed by atoms with Crippen molar-refractivity contribution in [1.29, 1.82) is 0 Å². The van der Waals surface area contributed by atoms with Gasteiger partial charge in [0.2, 0.25) is 0 Å². The van der Waals surface area contributed by atoms with Gasteiger partial charge in [-0.05, 0) is 31.0 Å². The maximum atomic E-state index is 12.8. The number of hydrogen-bond acceptors (Lipinski definition) is 2. The monoisotopic (exact) mass is 222 g/mol.